The van der Waals surface area contributed by atoms with Crippen molar-refractivity contribution < 1.29 is 39.5 Å². The van der Waals surface area contributed by atoms with Gasteiger partial charge in [0.1, 0.15) is 24.4 Å². The third kappa shape index (κ3) is 2.33. The second-order valence-electron chi connectivity index (χ2n) is 4.55. The number of nitrogens with one attached hydrogen (secondary N) is 1. The van der Waals surface area contributed by atoms with Crippen molar-refractivity contribution in [2.75, 3.05) is 6.61 Å². The summed E-state index contributed by atoms with van der Waals surface area (Å²) < 4.78 is 5.10. The Morgan fingerprint density at radius 2 is 2.00 bits per heavy atom. The summed E-state index contributed by atoms with van der Waals surface area (Å²) in [6.07, 6.45) is -6.16. The highest BCUT2D eigenvalue weighted by atomic mass is 16.6. The zero-order chi connectivity index (χ0) is 15.0. The highest BCUT2D eigenvalue weighted by molar-refractivity contribution is 6.01. The summed E-state index contributed by atoms with van der Waals surface area (Å²) in [7, 11) is 0. The quantitative estimate of drug-likeness (QED) is 0.364. The van der Waals surface area contributed by atoms with Crippen LogP contribution in [0.4, 0.5) is 4.79 Å². The Bertz CT molecular complexity index is 441. The zero-order valence-corrected chi connectivity index (χ0v) is 10.2. The minimum atomic E-state index is -1.59. The number of carbonyl (C=O) groups excluding carboxylic acids is 2. The van der Waals surface area contributed by atoms with Gasteiger partial charge in [-0.2, -0.15) is 0 Å². The number of carboxylic acid groups (broad SMARTS) is 1. The van der Waals surface area contributed by atoms with Gasteiger partial charge in [-0.15, -0.1) is 0 Å². The first-order valence-corrected chi connectivity index (χ1v) is 5.84. The second kappa shape index (κ2) is 5.32. The molecule has 2 aliphatic heterocycles. The molecule has 0 bridgehead atoms. The lowest BCUT2D eigenvalue weighted by molar-refractivity contribution is -0.155. The molecule has 10 nitrogen and oxygen atoms in total. The van der Waals surface area contributed by atoms with Crippen LogP contribution in [0.1, 0.15) is 6.42 Å². The molecule has 0 aromatic carbocycles. The number of ether oxygens (including phenoxy) is 1. The first kappa shape index (κ1) is 14.7. The average Bonchev–Trinajstić information content (AvgIpc) is 2.65. The van der Waals surface area contributed by atoms with Gasteiger partial charge in [0, 0.05) is 0 Å². The molecule has 0 aliphatic carbocycles. The molecular weight excluding hydrogens is 276 g/mol. The van der Waals surface area contributed by atoms with Gasteiger partial charge in [0.05, 0.1) is 13.0 Å². The van der Waals surface area contributed by atoms with E-state index < -0.39 is 61.5 Å². The number of carboxylic acids is 1. The Hall–Kier alpha value is -1.75. The van der Waals surface area contributed by atoms with E-state index in [2.05, 4.69) is 0 Å². The Morgan fingerprint density at radius 3 is 2.50 bits per heavy atom. The van der Waals surface area contributed by atoms with E-state index in [0.29, 0.717) is 4.90 Å². The smallest absolute Gasteiger partial charge is 0.327 e. The van der Waals surface area contributed by atoms with E-state index in [0.717, 1.165) is 0 Å². The van der Waals surface area contributed by atoms with Crippen molar-refractivity contribution in [3.8, 4) is 0 Å². The first-order chi connectivity index (χ1) is 9.36. The highest BCUT2D eigenvalue weighted by Crippen LogP contribution is 2.27. The van der Waals surface area contributed by atoms with Crippen LogP contribution in [0.5, 0.6) is 0 Å². The lowest BCUT2D eigenvalue weighted by atomic mass is 10.1. The predicted octanol–water partition coefficient (Wildman–Crippen LogP) is -3.18. The Kier molecular flexibility index (Phi) is 3.90. The van der Waals surface area contributed by atoms with Crippen molar-refractivity contribution in [2.24, 2.45) is 0 Å². The number of nitrogens with zero attached hydrogens (tertiary/aromatic N) is 1. The minimum Gasteiger partial charge on any atom is -0.480 e. The summed E-state index contributed by atoms with van der Waals surface area (Å²) in [6, 6.07) is -2.55. The number of hydrogen-bond donors (Lipinski definition) is 5. The standard InChI is InChI=1S/C10H14N2O8/c13-2-4-6(15)7(16)8(20-4)12-3(9(17)18)1-5(14)11-10(12)19/h3-4,6-8,13,15-16H,1-2H2,(H,17,18)(H,11,14,19)/t3?,4-,6-,7-,8-/m1/s1. The molecule has 3 amide bonds. The number of imide groups is 1. The summed E-state index contributed by atoms with van der Waals surface area (Å²) in [5.74, 6) is -2.20. The number of aliphatic carboxylic acids is 1. The average molecular weight is 290 g/mol. The fraction of sp³-hybridized carbons (Fsp3) is 0.700. The molecule has 2 heterocycles. The molecule has 0 radical (unpaired) electrons. The lowest BCUT2D eigenvalue weighted by Gasteiger charge is -2.37. The van der Waals surface area contributed by atoms with Crippen molar-refractivity contribution in [1.82, 2.24) is 10.2 Å². The summed E-state index contributed by atoms with van der Waals surface area (Å²) in [5.41, 5.74) is 0. The van der Waals surface area contributed by atoms with Gasteiger partial charge in [-0.3, -0.25) is 15.0 Å². The van der Waals surface area contributed by atoms with Crippen molar-refractivity contribution in [3.05, 3.63) is 0 Å². The molecule has 5 atom stereocenters. The Morgan fingerprint density at radius 1 is 1.35 bits per heavy atom. The van der Waals surface area contributed by atoms with Crippen LogP contribution < -0.4 is 5.32 Å². The van der Waals surface area contributed by atoms with Gasteiger partial charge in [-0.25, -0.2) is 9.59 Å². The van der Waals surface area contributed by atoms with Crippen LogP contribution in [0.2, 0.25) is 0 Å². The largest absolute Gasteiger partial charge is 0.480 e. The normalized spacial score (nSPS) is 38.0. The van der Waals surface area contributed by atoms with E-state index in [4.69, 9.17) is 14.9 Å². The number of rotatable bonds is 3. The van der Waals surface area contributed by atoms with E-state index in [1.54, 1.807) is 0 Å². The molecule has 10 heteroatoms. The van der Waals surface area contributed by atoms with Crippen molar-refractivity contribution in [3.63, 3.8) is 0 Å². The van der Waals surface area contributed by atoms with Gasteiger partial charge >= 0.3 is 12.0 Å². The number of carbonyl (C=O) groups is 3. The Balaban J connectivity index is 2.26. The van der Waals surface area contributed by atoms with Crippen molar-refractivity contribution in [1.29, 1.82) is 0 Å². The molecule has 2 rings (SSSR count). The van der Waals surface area contributed by atoms with E-state index in [-0.39, 0.29) is 0 Å². The maximum absolute atomic E-state index is 11.7. The number of hydrogen-bond acceptors (Lipinski definition) is 7. The van der Waals surface area contributed by atoms with Gasteiger partial charge < -0.3 is 25.2 Å². The van der Waals surface area contributed by atoms with E-state index in [1.807, 2.05) is 5.32 Å². The van der Waals surface area contributed by atoms with Crippen LogP contribution in [0.15, 0.2) is 0 Å². The van der Waals surface area contributed by atoms with Crippen LogP contribution in [0, 0.1) is 0 Å². The third-order valence-corrected chi connectivity index (χ3v) is 3.27. The van der Waals surface area contributed by atoms with Crippen LogP contribution in [-0.4, -0.2) is 80.4 Å². The number of aliphatic hydroxyl groups excluding tert-OH is 3. The third-order valence-electron chi connectivity index (χ3n) is 3.27. The van der Waals surface area contributed by atoms with E-state index in [1.165, 1.54) is 0 Å². The molecule has 5 N–H and O–H groups in total. The summed E-state index contributed by atoms with van der Waals surface area (Å²) >= 11 is 0. The maximum Gasteiger partial charge on any atom is 0.327 e. The van der Waals surface area contributed by atoms with Gasteiger partial charge in [0.25, 0.3) is 0 Å². The molecule has 20 heavy (non-hydrogen) atoms. The molecule has 1 unspecified atom stereocenters. The molecule has 2 saturated heterocycles. The summed E-state index contributed by atoms with van der Waals surface area (Å²) in [5, 5.41) is 39.4. The van der Waals surface area contributed by atoms with Gasteiger partial charge in [-0.1, -0.05) is 0 Å². The lowest BCUT2D eigenvalue weighted by Crippen LogP contribution is -2.63. The first-order valence-electron chi connectivity index (χ1n) is 5.84. The monoisotopic (exact) mass is 290 g/mol. The van der Waals surface area contributed by atoms with Gasteiger partial charge in [0.15, 0.2) is 6.23 Å². The van der Waals surface area contributed by atoms with Gasteiger partial charge in [0.2, 0.25) is 5.91 Å². The minimum absolute atomic E-state index is 0.493. The number of urea groups is 1. The molecule has 0 aromatic rings. The van der Waals surface area contributed by atoms with Crippen LogP contribution >= 0.6 is 0 Å². The molecule has 0 saturated carbocycles. The van der Waals surface area contributed by atoms with E-state index >= 15 is 0 Å². The molecule has 0 aromatic heterocycles. The highest BCUT2D eigenvalue weighted by Gasteiger charge is 2.51. The maximum atomic E-state index is 11.7. The SMILES string of the molecule is O=C1CC(C(=O)O)N([C@@H]2O[C@H](CO)[C@@H](O)[C@H]2O)C(=O)N1. The number of aliphatic hydroxyl groups is 3. The zero-order valence-electron chi connectivity index (χ0n) is 10.2. The van der Waals surface area contributed by atoms with Crippen LogP contribution in [-0.2, 0) is 14.3 Å². The number of amides is 3. The molecule has 112 valence electrons. The molecule has 2 aliphatic rings. The van der Waals surface area contributed by atoms with E-state index in [9.17, 15) is 24.6 Å². The van der Waals surface area contributed by atoms with Crippen LogP contribution in [0.25, 0.3) is 0 Å². The summed E-state index contributed by atoms with van der Waals surface area (Å²) in [4.78, 5) is 34.7. The predicted molar refractivity (Wildman–Crippen MR) is 59.2 cm³/mol. The second-order valence-corrected chi connectivity index (χ2v) is 4.55. The fourth-order valence-corrected chi connectivity index (χ4v) is 2.26. The summed E-state index contributed by atoms with van der Waals surface area (Å²) in [6.45, 7) is -0.610. The molecule has 2 fully saturated rings. The topological polar surface area (TPSA) is 157 Å². The molecule has 0 spiro atoms. The van der Waals surface area contributed by atoms with Crippen molar-refractivity contribution >= 4 is 17.9 Å². The van der Waals surface area contributed by atoms with Gasteiger partial charge in [-0.05, 0) is 0 Å². The van der Waals surface area contributed by atoms with Crippen molar-refractivity contribution in [2.45, 2.75) is 37.0 Å². The Labute approximate surface area is 112 Å². The fourth-order valence-electron chi connectivity index (χ4n) is 2.26. The molecular formula is C10H14N2O8. The van der Waals surface area contributed by atoms with Crippen LogP contribution in [0.3, 0.4) is 0 Å².